The molecule has 1 aliphatic carbocycles. The topological polar surface area (TPSA) is 51.1 Å². The molecule has 0 unspecified atom stereocenters. The number of hydrogen-bond donors (Lipinski definition) is 1. The standard InChI is InChI=1S/C14H20N2O2/c17-11-13-7-4-9-16(13)10-8-14(18)15-12-5-2-1-3-6-12/h4,7,9,11-12H,1-3,5-6,8,10H2,(H,15,18). The number of aryl methyl sites for hydroxylation is 1. The van der Waals surface area contributed by atoms with Gasteiger partial charge in [0.2, 0.25) is 5.91 Å². The fraction of sp³-hybridized carbons (Fsp3) is 0.571. The Morgan fingerprint density at radius 2 is 2.17 bits per heavy atom. The van der Waals surface area contributed by atoms with Gasteiger partial charge in [-0.3, -0.25) is 9.59 Å². The second kappa shape index (κ2) is 6.38. The quantitative estimate of drug-likeness (QED) is 0.812. The van der Waals surface area contributed by atoms with E-state index in [1.807, 2.05) is 16.8 Å². The van der Waals surface area contributed by atoms with Gasteiger partial charge in [-0.1, -0.05) is 19.3 Å². The minimum Gasteiger partial charge on any atom is -0.353 e. The Hall–Kier alpha value is -1.58. The van der Waals surface area contributed by atoms with Crippen LogP contribution in [0.4, 0.5) is 0 Å². The second-order valence-corrected chi connectivity index (χ2v) is 4.90. The summed E-state index contributed by atoms with van der Waals surface area (Å²) in [6.45, 7) is 0.569. The van der Waals surface area contributed by atoms with Crippen molar-refractivity contribution in [1.82, 2.24) is 9.88 Å². The van der Waals surface area contributed by atoms with Gasteiger partial charge in [-0.2, -0.15) is 0 Å². The van der Waals surface area contributed by atoms with Crippen LogP contribution in [0, 0.1) is 0 Å². The maximum absolute atomic E-state index is 11.8. The molecule has 4 nitrogen and oxygen atoms in total. The van der Waals surface area contributed by atoms with Crippen LogP contribution in [0.25, 0.3) is 0 Å². The summed E-state index contributed by atoms with van der Waals surface area (Å²) in [5.41, 5.74) is 0.625. The lowest BCUT2D eigenvalue weighted by molar-refractivity contribution is -0.122. The van der Waals surface area contributed by atoms with Gasteiger partial charge in [0.25, 0.3) is 0 Å². The summed E-state index contributed by atoms with van der Waals surface area (Å²) in [7, 11) is 0. The zero-order valence-corrected chi connectivity index (χ0v) is 10.6. The zero-order valence-electron chi connectivity index (χ0n) is 10.6. The number of amides is 1. The highest BCUT2D eigenvalue weighted by Crippen LogP contribution is 2.17. The lowest BCUT2D eigenvalue weighted by Gasteiger charge is -2.22. The molecule has 0 saturated heterocycles. The van der Waals surface area contributed by atoms with Crippen molar-refractivity contribution in [1.29, 1.82) is 0 Å². The largest absolute Gasteiger partial charge is 0.353 e. The molecule has 0 bridgehead atoms. The normalized spacial score (nSPS) is 16.4. The molecular formula is C14H20N2O2. The summed E-state index contributed by atoms with van der Waals surface area (Å²) in [6, 6.07) is 3.94. The van der Waals surface area contributed by atoms with Gasteiger partial charge in [-0.15, -0.1) is 0 Å². The Labute approximate surface area is 107 Å². The first-order chi connectivity index (χ1) is 8.79. The number of carbonyl (C=O) groups is 2. The molecule has 98 valence electrons. The Kier molecular flexibility index (Phi) is 4.56. The molecule has 0 spiro atoms. The minimum absolute atomic E-state index is 0.0902. The molecular weight excluding hydrogens is 228 g/mol. The van der Waals surface area contributed by atoms with Crippen LogP contribution in [0.2, 0.25) is 0 Å². The van der Waals surface area contributed by atoms with E-state index < -0.39 is 0 Å². The predicted octanol–water partition coefficient (Wildman–Crippen LogP) is 2.14. The molecule has 0 atom stereocenters. The fourth-order valence-corrected chi connectivity index (χ4v) is 2.51. The van der Waals surface area contributed by atoms with Gasteiger partial charge >= 0.3 is 0 Å². The van der Waals surface area contributed by atoms with Crippen molar-refractivity contribution >= 4 is 12.2 Å². The number of aldehydes is 1. The first kappa shape index (κ1) is 12.9. The van der Waals surface area contributed by atoms with E-state index in [1.165, 1.54) is 19.3 Å². The van der Waals surface area contributed by atoms with Crippen LogP contribution >= 0.6 is 0 Å². The molecule has 0 aliphatic heterocycles. The molecule has 1 N–H and O–H groups in total. The molecule has 0 aromatic carbocycles. The van der Waals surface area contributed by atoms with Crippen LogP contribution in [0.5, 0.6) is 0 Å². The Balaban J connectivity index is 1.75. The maximum Gasteiger partial charge on any atom is 0.222 e. The lowest BCUT2D eigenvalue weighted by Crippen LogP contribution is -2.36. The monoisotopic (exact) mass is 248 g/mol. The third kappa shape index (κ3) is 3.45. The van der Waals surface area contributed by atoms with Gasteiger partial charge in [0.1, 0.15) is 0 Å². The van der Waals surface area contributed by atoms with Crippen molar-refractivity contribution in [3.63, 3.8) is 0 Å². The molecule has 1 saturated carbocycles. The van der Waals surface area contributed by atoms with Crippen molar-refractivity contribution in [2.75, 3.05) is 0 Å². The number of carbonyl (C=O) groups excluding carboxylic acids is 2. The van der Waals surface area contributed by atoms with Crippen molar-refractivity contribution in [3.8, 4) is 0 Å². The van der Waals surface area contributed by atoms with E-state index in [0.717, 1.165) is 19.1 Å². The van der Waals surface area contributed by atoms with E-state index in [1.54, 1.807) is 6.07 Å². The first-order valence-corrected chi connectivity index (χ1v) is 6.69. The van der Waals surface area contributed by atoms with E-state index in [4.69, 9.17) is 0 Å². The number of aromatic nitrogens is 1. The van der Waals surface area contributed by atoms with Crippen LogP contribution in [-0.2, 0) is 11.3 Å². The molecule has 1 aromatic heterocycles. The molecule has 0 radical (unpaired) electrons. The lowest BCUT2D eigenvalue weighted by atomic mass is 9.95. The van der Waals surface area contributed by atoms with Crippen LogP contribution in [0.3, 0.4) is 0 Å². The Bertz CT molecular complexity index is 406. The molecule has 2 rings (SSSR count). The summed E-state index contributed by atoms with van der Waals surface area (Å²) >= 11 is 0. The highest BCUT2D eigenvalue weighted by atomic mass is 16.1. The zero-order chi connectivity index (χ0) is 12.8. The van der Waals surface area contributed by atoms with Gasteiger partial charge < -0.3 is 9.88 Å². The van der Waals surface area contributed by atoms with E-state index in [9.17, 15) is 9.59 Å². The Morgan fingerprint density at radius 3 is 2.89 bits per heavy atom. The van der Waals surface area contributed by atoms with Gasteiger partial charge in [-0.05, 0) is 25.0 Å². The molecule has 18 heavy (non-hydrogen) atoms. The van der Waals surface area contributed by atoms with E-state index in [-0.39, 0.29) is 5.91 Å². The molecule has 4 heteroatoms. The summed E-state index contributed by atoms with van der Waals surface area (Å²) < 4.78 is 1.81. The van der Waals surface area contributed by atoms with Gasteiger partial charge in [0, 0.05) is 25.2 Å². The van der Waals surface area contributed by atoms with Crippen molar-refractivity contribution in [2.24, 2.45) is 0 Å². The first-order valence-electron chi connectivity index (χ1n) is 6.69. The van der Waals surface area contributed by atoms with Gasteiger partial charge in [0.15, 0.2) is 6.29 Å². The van der Waals surface area contributed by atoms with Crippen LogP contribution in [0.1, 0.15) is 49.0 Å². The van der Waals surface area contributed by atoms with Crippen LogP contribution in [-0.4, -0.2) is 22.8 Å². The minimum atomic E-state index is 0.0902. The summed E-state index contributed by atoms with van der Waals surface area (Å²) in [5.74, 6) is 0.0902. The number of nitrogens with one attached hydrogen (secondary N) is 1. The van der Waals surface area contributed by atoms with Crippen molar-refractivity contribution in [2.45, 2.75) is 51.1 Å². The smallest absolute Gasteiger partial charge is 0.222 e. The molecule has 1 fully saturated rings. The average molecular weight is 248 g/mol. The molecule has 1 amide bonds. The van der Waals surface area contributed by atoms with Crippen molar-refractivity contribution in [3.05, 3.63) is 24.0 Å². The third-order valence-electron chi connectivity index (χ3n) is 3.54. The average Bonchev–Trinajstić information content (AvgIpc) is 2.85. The SMILES string of the molecule is O=Cc1cccn1CCC(=O)NC1CCCCC1. The Morgan fingerprint density at radius 1 is 1.39 bits per heavy atom. The van der Waals surface area contributed by atoms with Crippen LogP contribution < -0.4 is 5.32 Å². The fourth-order valence-electron chi connectivity index (χ4n) is 2.51. The molecule has 1 heterocycles. The van der Waals surface area contributed by atoms with E-state index in [0.29, 0.717) is 24.7 Å². The molecule has 1 aliphatic rings. The summed E-state index contributed by atoms with van der Waals surface area (Å²) in [4.78, 5) is 22.5. The highest BCUT2D eigenvalue weighted by molar-refractivity contribution is 5.76. The summed E-state index contributed by atoms with van der Waals surface area (Å²) in [6.07, 6.45) is 9.03. The van der Waals surface area contributed by atoms with Gasteiger partial charge in [-0.25, -0.2) is 0 Å². The van der Waals surface area contributed by atoms with E-state index in [2.05, 4.69) is 5.32 Å². The molecule has 1 aromatic rings. The van der Waals surface area contributed by atoms with Gasteiger partial charge in [0.05, 0.1) is 5.69 Å². The second-order valence-electron chi connectivity index (χ2n) is 4.90. The maximum atomic E-state index is 11.8. The van der Waals surface area contributed by atoms with Crippen molar-refractivity contribution < 1.29 is 9.59 Å². The summed E-state index contributed by atoms with van der Waals surface area (Å²) in [5, 5.41) is 3.08. The third-order valence-corrected chi connectivity index (χ3v) is 3.54. The van der Waals surface area contributed by atoms with E-state index >= 15 is 0 Å². The number of hydrogen-bond acceptors (Lipinski definition) is 2. The number of nitrogens with zero attached hydrogens (tertiary/aromatic N) is 1. The van der Waals surface area contributed by atoms with Crippen LogP contribution in [0.15, 0.2) is 18.3 Å². The predicted molar refractivity (Wildman–Crippen MR) is 69.5 cm³/mol. The highest BCUT2D eigenvalue weighted by Gasteiger charge is 2.15. The number of rotatable bonds is 5.